The second-order valence-corrected chi connectivity index (χ2v) is 8.30. The Labute approximate surface area is 179 Å². The highest BCUT2D eigenvalue weighted by Gasteiger charge is 2.33. The zero-order valence-electron chi connectivity index (χ0n) is 17.7. The summed E-state index contributed by atoms with van der Waals surface area (Å²) in [5.74, 6) is 0.984. The first-order valence-corrected chi connectivity index (χ1v) is 10.7. The van der Waals surface area contributed by atoms with E-state index in [-0.39, 0.29) is 17.6 Å². The summed E-state index contributed by atoms with van der Waals surface area (Å²) >= 11 is 0. The standard InChI is InChI=1S/C23H26F3N3O2/c1-14-7-3-4-12-29(14)22(30)21-15(2)20-18(10-6-11-19(20)31-21)28-27-17-9-5-8-16(13-17)23(24,25)26/h5,8-9,13-14,27H,3-4,6-7,10-12H2,1-2H3/b28-18+. The molecule has 0 bridgehead atoms. The molecule has 0 radical (unpaired) electrons. The number of nitrogens with one attached hydrogen (secondary N) is 1. The van der Waals surface area contributed by atoms with Crippen molar-refractivity contribution in [1.82, 2.24) is 4.90 Å². The highest BCUT2D eigenvalue weighted by atomic mass is 19.4. The van der Waals surface area contributed by atoms with Crippen LogP contribution in [0.15, 0.2) is 33.8 Å². The number of hydrogen-bond donors (Lipinski definition) is 1. The van der Waals surface area contributed by atoms with Gasteiger partial charge in [0.1, 0.15) is 5.76 Å². The molecule has 2 aromatic rings. The van der Waals surface area contributed by atoms with E-state index in [0.717, 1.165) is 61.2 Å². The molecule has 8 heteroatoms. The van der Waals surface area contributed by atoms with E-state index in [1.54, 1.807) is 0 Å². The number of carbonyl (C=O) groups excluding carboxylic acids is 1. The fourth-order valence-electron chi connectivity index (χ4n) is 4.41. The highest BCUT2D eigenvalue weighted by molar-refractivity contribution is 6.06. The van der Waals surface area contributed by atoms with Crippen molar-refractivity contribution in [2.24, 2.45) is 5.10 Å². The molecule has 166 valence electrons. The first-order valence-electron chi connectivity index (χ1n) is 10.7. The third-order valence-electron chi connectivity index (χ3n) is 6.09. The van der Waals surface area contributed by atoms with Gasteiger partial charge in [0.05, 0.1) is 17.0 Å². The summed E-state index contributed by atoms with van der Waals surface area (Å²) in [7, 11) is 0. The summed E-state index contributed by atoms with van der Waals surface area (Å²) in [5, 5.41) is 4.39. The Morgan fingerprint density at radius 2 is 2.03 bits per heavy atom. The van der Waals surface area contributed by atoms with Gasteiger partial charge < -0.3 is 9.32 Å². The van der Waals surface area contributed by atoms with E-state index in [1.807, 2.05) is 11.8 Å². The number of hydrazone groups is 1. The van der Waals surface area contributed by atoms with Gasteiger partial charge in [-0.3, -0.25) is 10.2 Å². The minimum atomic E-state index is -4.41. The number of halogens is 3. The molecule has 1 N–H and O–H groups in total. The number of hydrogen-bond acceptors (Lipinski definition) is 4. The zero-order chi connectivity index (χ0) is 22.2. The van der Waals surface area contributed by atoms with Crippen LogP contribution in [0.3, 0.4) is 0 Å². The lowest BCUT2D eigenvalue weighted by atomic mass is 9.93. The number of rotatable bonds is 3. The van der Waals surface area contributed by atoms with Crippen LogP contribution < -0.4 is 5.43 Å². The number of anilines is 1. The maximum absolute atomic E-state index is 13.1. The van der Waals surface area contributed by atoms with Gasteiger partial charge in [-0.2, -0.15) is 18.3 Å². The first kappa shape index (κ1) is 21.5. The molecule has 1 aromatic carbocycles. The Morgan fingerprint density at radius 1 is 1.23 bits per heavy atom. The molecule has 0 saturated carbocycles. The third kappa shape index (κ3) is 4.34. The number of nitrogens with zero attached hydrogens (tertiary/aromatic N) is 2. The van der Waals surface area contributed by atoms with Gasteiger partial charge in [-0.25, -0.2) is 0 Å². The molecule has 1 saturated heterocycles. The molecule has 5 nitrogen and oxygen atoms in total. The largest absolute Gasteiger partial charge is 0.455 e. The van der Waals surface area contributed by atoms with E-state index < -0.39 is 11.7 Å². The lowest BCUT2D eigenvalue weighted by Gasteiger charge is -2.32. The van der Waals surface area contributed by atoms with Crippen molar-refractivity contribution in [2.45, 2.75) is 64.6 Å². The summed E-state index contributed by atoms with van der Waals surface area (Å²) in [6.45, 7) is 4.64. The van der Waals surface area contributed by atoms with Gasteiger partial charge in [-0.1, -0.05) is 6.07 Å². The predicted molar refractivity (Wildman–Crippen MR) is 112 cm³/mol. The van der Waals surface area contributed by atoms with Crippen LogP contribution in [0, 0.1) is 6.92 Å². The summed E-state index contributed by atoms with van der Waals surface area (Å²) < 4.78 is 44.9. The van der Waals surface area contributed by atoms with Crippen LogP contribution in [-0.4, -0.2) is 29.1 Å². The summed E-state index contributed by atoms with van der Waals surface area (Å²) in [4.78, 5) is 15.0. The van der Waals surface area contributed by atoms with Crippen LogP contribution in [0.25, 0.3) is 0 Å². The SMILES string of the molecule is Cc1c(C(=O)N2CCCCC2C)oc2c1/C(=N/Nc1cccc(C(F)(F)F)c1)CCC2. The Bertz CT molecular complexity index is 1010. The van der Waals surface area contributed by atoms with Crippen molar-refractivity contribution in [1.29, 1.82) is 0 Å². The Balaban J connectivity index is 1.60. The molecule has 1 aliphatic heterocycles. The van der Waals surface area contributed by atoms with Crippen molar-refractivity contribution in [3.05, 3.63) is 52.5 Å². The van der Waals surface area contributed by atoms with Gasteiger partial charge in [-0.15, -0.1) is 0 Å². The number of likely N-dealkylation sites (tertiary alicyclic amines) is 1. The van der Waals surface area contributed by atoms with Crippen molar-refractivity contribution in [3.63, 3.8) is 0 Å². The van der Waals surface area contributed by atoms with Crippen molar-refractivity contribution >= 4 is 17.3 Å². The van der Waals surface area contributed by atoms with E-state index in [4.69, 9.17) is 4.42 Å². The molecule has 0 spiro atoms. The molecular formula is C23H26F3N3O2. The first-order chi connectivity index (χ1) is 14.8. The molecule has 2 heterocycles. The van der Waals surface area contributed by atoms with Gasteiger partial charge in [0, 0.05) is 30.1 Å². The van der Waals surface area contributed by atoms with Gasteiger partial charge in [-0.05, 0) is 64.2 Å². The summed E-state index contributed by atoms with van der Waals surface area (Å²) in [5.41, 5.74) is 4.54. The number of carbonyl (C=O) groups is 1. The van der Waals surface area contributed by atoms with Crippen LogP contribution >= 0.6 is 0 Å². The quantitative estimate of drug-likeness (QED) is 0.625. The highest BCUT2D eigenvalue weighted by Crippen LogP contribution is 2.33. The topological polar surface area (TPSA) is 57.8 Å². The normalized spacial score (nSPS) is 20.6. The van der Waals surface area contributed by atoms with Crippen LogP contribution in [-0.2, 0) is 12.6 Å². The number of piperidine rings is 1. The van der Waals surface area contributed by atoms with Crippen molar-refractivity contribution < 1.29 is 22.4 Å². The number of amides is 1. The van der Waals surface area contributed by atoms with Crippen molar-refractivity contribution in [3.8, 4) is 0 Å². The Hall–Kier alpha value is -2.77. The number of aryl methyl sites for hydroxylation is 1. The summed E-state index contributed by atoms with van der Waals surface area (Å²) in [6, 6.07) is 5.12. The predicted octanol–water partition coefficient (Wildman–Crippen LogP) is 5.77. The molecule has 1 amide bonds. The minimum Gasteiger partial charge on any atom is -0.455 e. The van der Waals surface area contributed by atoms with Gasteiger partial charge >= 0.3 is 6.18 Å². The summed E-state index contributed by atoms with van der Waals surface area (Å²) in [6.07, 6.45) is 0.856. The van der Waals surface area contributed by atoms with Gasteiger partial charge in [0.15, 0.2) is 5.76 Å². The van der Waals surface area contributed by atoms with Crippen LogP contribution in [0.1, 0.15) is 72.0 Å². The number of benzene rings is 1. The molecule has 1 aromatic heterocycles. The maximum Gasteiger partial charge on any atom is 0.416 e. The second kappa shape index (κ2) is 8.40. The molecule has 31 heavy (non-hydrogen) atoms. The molecular weight excluding hydrogens is 407 g/mol. The van der Waals surface area contributed by atoms with Gasteiger partial charge in [0.2, 0.25) is 0 Å². The average molecular weight is 433 g/mol. The maximum atomic E-state index is 13.1. The molecule has 4 rings (SSSR count). The van der Waals surface area contributed by atoms with E-state index in [0.29, 0.717) is 24.3 Å². The van der Waals surface area contributed by atoms with Crippen LogP contribution in [0.5, 0.6) is 0 Å². The van der Waals surface area contributed by atoms with E-state index >= 15 is 0 Å². The molecule has 2 aliphatic rings. The van der Waals surface area contributed by atoms with Crippen molar-refractivity contribution in [2.75, 3.05) is 12.0 Å². The number of alkyl halides is 3. The second-order valence-electron chi connectivity index (χ2n) is 8.30. The van der Waals surface area contributed by atoms with E-state index in [2.05, 4.69) is 17.5 Å². The fraction of sp³-hybridized carbons (Fsp3) is 0.478. The number of furan rings is 1. The van der Waals surface area contributed by atoms with Gasteiger partial charge in [0.25, 0.3) is 5.91 Å². The number of fused-ring (bicyclic) bond motifs is 1. The lowest BCUT2D eigenvalue weighted by molar-refractivity contribution is -0.137. The van der Waals surface area contributed by atoms with E-state index in [9.17, 15) is 18.0 Å². The fourth-order valence-corrected chi connectivity index (χ4v) is 4.41. The smallest absolute Gasteiger partial charge is 0.416 e. The monoisotopic (exact) mass is 433 g/mol. The molecule has 1 atom stereocenters. The average Bonchev–Trinajstić information content (AvgIpc) is 3.09. The molecule has 1 fully saturated rings. The van der Waals surface area contributed by atoms with Crippen LogP contribution in [0.2, 0.25) is 0 Å². The molecule has 1 aliphatic carbocycles. The van der Waals surface area contributed by atoms with Crippen LogP contribution in [0.4, 0.5) is 18.9 Å². The lowest BCUT2D eigenvalue weighted by Crippen LogP contribution is -2.42. The Morgan fingerprint density at radius 3 is 2.77 bits per heavy atom. The minimum absolute atomic E-state index is 0.0933. The molecule has 1 unspecified atom stereocenters. The van der Waals surface area contributed by atoms with E-state index in [1.165, 1.54) is 12.1 Å². The third-order valence-corrected chi connectivity index (χ3v) is 6.09. The zero-order valence-corrected chi connectivity index (χ0v) is 17.7. The Kier molecular flexibility index (Phi) is 5.81.